The Morgan fingerprint density at radius 3 is 2.69 bits per heavy atom. The Bertz CT molecular complexity index is 1090. The standard InChI is InChI=1S/C23H26N4O2/c1-14-11-18-9-10-21(17-7-6-8-19(12-17)29-5)24-22(18)27(23(14)28)13-20-15(2)25-26(4)16(20)3/h6-10,12,14H,11,13H2,1-5H3. The van der Waals surface area contributed by atoms with E-state index in [-0.39, 0.29) is 11.8 Å². The largest absolute Gasteiger partial charge is 0.497 e. The van der Waals surface area contributed by atoms with Crippen molar-refractivity contribution in [1.29, 1.82) is 0 Å². The molecule has 6 nitrogen and oxygen atoms in total. The van der Waals surface area contributed by atoms with Crippen LogP contribution in [0.15, 0.2) is 36.4 Å². The first-order valence-electron chi connectivity index (χ1n) is 9.84. The Morgan fingerprint density at radius 1 is 1.21 bits per heavy atom. The van der Waals surface area contributed by atoms with Gasteiger partial charge in [0.2, 0.25) is 5.91 Å². The van der Waals surface area contributed by atoms with Gasteiger partial charge in [-0.05, 0) is 44.0 Å². The summed E-state index contributed by atoms with van der Waals surface area (Å²) in [5, 5.41) is 4.50. The first-order chi connectivity index (χ1) is 13.9. The fraction of sp³-hybridized carbons (Fsp3) is 0.348. The maximum atomic E-state index is 13.1. The van der Waals surface area contributed by atoms with E-state index in [0.717, 1.165) is 45.3 Å². The monoisotopic (exact) mass is 390 g/mol. The number of carbonyl (C=O) groups is 1. The summed E-state index contributed by atoms with van der Waals surface area (Å²) in [5.41, 5.74) is 5.99. The van der Waals surface area contributed by atoms with Gasteiger partial charge in [0.25, 0.3) is 0 Å². The van der Waals surface area contributed by atoms with Crippen LogP contribution < -0.4 is 9.64 Å². The number of carbonyl (C=O) groups excluding carboxylic acids is 1. The minimum atomic E-state index is -0.0655. The Labute approximate surface area is 171 Å². The number of fused-ring (bicyclic) bond motifs is 1. The number of aromatic nitrogens is 3. The zero-order valence-corrected chi connectivity index (χ0v) is 17.6. The van der Waals surface area contributed by atoms with Crippen LogP contribution in [0, 0.1) is 19.8 Å². The lowest BCUT2D eigenvalue weighted by Crippen LogP contribution is -2.40. The van der Waals surface area contributed by atoms with E-state index in [1.54, 1.807) is 7.11 Å². The molecule has 0 fully saturated rings. The molecule has 1 aliphatic heterocycles. The summed E-state index contributed by atoms with van der Waals surface area (Å²) in [7, 11) is 3.58. The fourth-order valence-electron chi connectivity index (χ4n) is 3.96. The summed E-state index contributed by atoms with van der Waals surface area (Å²) in [6.45, 7) is 6.49. The van der Waals surface area contributed by atoms with Crippen LogP contribution in [-0.4, -0.2) is 27.8 Å². The average molecular weight is 390 g/mol. The minimum absolute atomic E-state index is 0.0655. The van der Waals surface area contributed by atoms with Gasteiger partial charge in [-0.2, -0.15) is 5.10 Å². The number of nitrogens with zero attached hydrogens (tertiary/aromatic N) is 4. The van der Waals surface area contributed by atoms with Gasteiger partial charge in [0.05, 0.1) is 25.0 Å². The number of pyridine rings is 1. The van der Waals surface area contributed by atoms with Crippen LogP contribution in [-0.2, 0) is 24.8 Å². The molecule has 4 rings (SSSR count). The third-order valence-corrected chi connectivity index (χ3v) is 5.77. The smallest absolute Gasteiger partial charge is 0.231 e. The first kappa shape index (κ1) is 19.2. The molecule has 0 aliphatic carbocycles. The summed E-state index contributed by atoms with van der Waals surface area (Å²) >= 11 is 0. The summed E-state index contributed by atoms with van der Waals surface area (Å²) < 4.78 is 7.21. The molecule has 2 aromatic heterocycles. The van der Waals surface area contributed by atoms with Crippen LogP contribution in [0.3, 0.4) is 0 Å². The number of benzene rings is 1. The molecular formula is C23H26N4O2. The molecule has 3 aromatic rings. The van der Waals surface area contributed by atoms with Crippen molar-refractivity contribution in [3.8, 4) is 17.0 Å². The van der Waals surface area contributed by atoms with E-state index in [2.05, 4.69) is 11.2 Å². The zero-order chi connectivity index (χ0) is 20.7. The second-order valence-corrected chi connectivity index (χ2v) is 7.71. The highest BCUT2D eigenvalue weighted by Gasteiger charge is 2.32. The average Bonchev–Trinajstić information content (AvgIpc) is 2.96. The van der Waals surface area contributed by atoms with Crippen molar-refractivity contribution in [1.82, 2.24) is 14.8 Å². The lowest BCUT2D eigenvalue weighted by atomic mass is 9.94. The van der Waals surface area contributed by atoms with E-state index in [1.165, 1.54) is 0 Å². The number of hydrogen-bond acceptors (Lipinski definition) is 4. The molecule has 1 unspecified atom stereocenters. The highest BCUT2D eigenvalue weighted by molar-refractivity contribution is 5.97. The van der Waals surface area contributed by atoms with Gasteiger partial charge in [0, 0.05) is 29.8 Å². The number of ether oxygens (including phenoxy) is 1. The molecule has 3 heterocycles. The fourth-order valence-corrected chi connectivity index (χ4v) is 3.96. The number of anilines is 1. The molecule has 1 amide bonds. The van der Waals surface area contributed by atoms with E-state index in [1.807, 2.05) is 67.7 Å². The maximum Gasteiger partial charge on any atom is 0.231 e. The zero-order valence-electron chi connectivity index (χ0n) is 17.6. The number of hydrogen-bond donors (Lipinski definition) is 0. The maximum absolute atomic E-state index is 13.1. The molecule has 150 valence electrons. The molecule has 0 bridgehead atoms. The van der Waals surface area contributed by atoms with Crippen LogP contribution in [0.5, 0.6) is 5.75 Å². The van der Waals surface area contributed by atoms with Crippen LogP contribution in [0.2, 0.25) is 0 Å². The molecule has 1 atom stereocenters. The van der Waals surface area contributed by atoms with Gasteiger partial charge in [0.1, 0.15) is 11.6 Å². The van der Waals surface area contributed by atoms with E-state index in [9.17, 15) is 4.79 Å². The normalized spacial score (nSPS) is 16.1. The van der Waals surface area contributed by atoms with Gasteiger partial charge in [-0.1, -0.05) is 25.1 Å². The molecule has 0 N–H and O–H groups in total. The molecule has 29 heavy (non-hydrogen) atoms. The topological polar surface area (TPSA) is 60.2 Å². The van der Waals surface area contributed by atoms with Crippen molar-refractivity contribution in [2.75, 3.05) is 12.0 Å². The van der Waals surface area contributed by atoms with Crippen LogP contribution >= 0.6 is 0 Å². The van der Waals surface area contributed by atoms with Gasteiger partial charge < -0.3 is 4.74 Å². The summed E-state index contributed by atoms with van der Waals surface area (Å²) in [6, 6.07) is 11.9. The Morgan fingerprint density at radius 2 is 2.00 bits per heavy atom. The predicted molar refractivity (Wildman–Crippen MR) is 113 cm³/mol. The van der Waals surface area contributed by atoms with Crippen molar-refractivity contribution in [2.24, 2.45) is 13.0 Å². The Kier molecular flexibility index (Phi) is 4.86. The SMILES string of the molecule is COc1cccc(-c2ccc3c(n2)N(Cc2c(C)nn(C)c2C)C(=O)C(C)C3)c1. The van der Waals surface area contributed by atoms with Crippen molar-refractivity contribution < 1.29 is 9.53 Å². The van der Waals surface area contributed by atoms with Gasteiger partial charge in [-0.15, -0.1) is 0 Å². The number of aryl methyl sites for hydroxylation is 2. The highest BCUT2D eigenvalue weighted by Crippen LogP contribution is 2.34. The van der Waals surface area contributed by atoms with Crippen molar-refractivity contribution in [2.45, 2.75) is 33.7 Å². The molecular weight excluding hydrogens is 364 g/mol. The lowest BCUT2D eigenvalue weighted by Gasteiger charge is -2.32. The van der Waals surface area contributed by atoms with Crippen molar-refractivity contribution in [3.05, 3.63) is 58.9 Å². The molecule has 0 spiro atoms. The van der Waals surface area contributed by atoms with E-state index in [4.69, 9.17) is 9.72 Å². The van der Waals surface area contributed by atoms with Crippen molar-refractivity contribution in [3.63, 3.8) is 0 Å². The molecule has 0 saturated heterocycles. The van der Waals surface area contributed by atoms with Gasteiger partial charge in [-0.3, -0.25) is 14.4 Å². The van der Waals surface area contributed by atoms with Crippen LogP contribution in [0.25, 0.3) is 11.3 Å². The van der Waals surface area contributed by atoms with E-state index in [0.29, 0.717) is 13.0 Å². The first-order valence-corrected chi connectivity index (χ1v) is 9.84. The van der Waals surface area contributed by atoms with Gasteiger partial charge in [0.15, 0.2) is 0 Å². The van der Waals surface area contributed by atoms with Crippen molar-refractivity contribution >= 4 is 11.7 Å². The third kappa shape index (κ3) is 3.39. The molecule has 6 heteroatoms. The molecule has 0 radical (unpaired) electrons. The number of amides is 1. The number of rotatable bonds is 4. The number of methoxy groups -OCH3 is 1. The highest BCUT2D eigenvalue weighted by atomic mass is 16.5. The van der Waals surface area contributed by atoms with Crippen LogP contribution in [0.1, 0.15) is 29.4 Å². The third-order valence-electron chi connectivity index (χ3n) is 5.77. The summed E-state index contributed by atoms with van der Waals surface area (Å²) in [6.07, 6.45) is 0.709. The molecule has 1 aliphatic rings. The molecule has 1 aromatic carbocycles. The summed E-state index contributed by atoms with van der Waals surface area (Å²) in [5.74, 6) is 1.57. The van der Waals surface area contributed by atoms with E-state index < -0.39 is 0 Å². The minimum Gasteiger partial charge on any atom is -0.497 e. The molecule has 0 saturated carbocycles. The summed E-state index contributed by atoms with van der Waals surface area (Å²) in [4.78, 5) is 19.8. The van der Waals surface area contributed by atoms with Gasteiger partial charge in [-0.25, -0.2) is 4.98 Å². The predicted octanol–water partition coefficient (Wildman–Crippen LogP) is 3.83. The Balaban J connectivity index is 1.78. The van der Waals surface area contributed by atoms with Crippen LogP contribution in [0.4, 0.5) is 5.82 Å². The van der Waals surface area contributed by atoms with E-state index >= 15 is 0 Å². The van der Waals surface area contributed by atoms with Gasteiger partial charge >= 0.3 is 0 Å². The lowest BCUT2D eigenvalue weighted by molar-refractivity contribution is -0.122. The quantitative estimate of drug-likeness (QED) is 0.679. The second-order valence-electron chi connectivity index (χ2n) is 7.71. The second kappa shape index (κ2) is 7.35. The Hall–Kier alpha value is -3.15.